The van der Waals surface area contributed by atoms with E-state index in [9.17, 15) is 0 Å². The highest BCUT2D eigenvalue weighted by atomic mass is 15.3. The van der Waals surface area contributed by atoms with Crippen LogP contribution in [0, 0.1) is 0 Å². The van der Waals surface area contributed by atoms with E-state index in [1.165, 1.54) is 11.1 Å². The maximum absolute atomic E-state index is 4.58. The van der Waals surface area contributed by atoms with E-state index in [0.29, 0.717) is 0 Å². The number of hydrogen-bond acceptors (Lipinski definition) is 4. The molecule has 0 spiro atoms. The van der Waals surface area contributed by atoms with Gasteiger partial charge in [-0.05, 0) is 41.8 Å². The summed E-state index contributed by atoms with van der Waals surface area (Å²) < 4.78 is 3.92. The van der Waals surface area contributed by atoms with E-state index in [1.54, 1.807) is 6.33 Å². The van der Waals surface area contributed by atoms with Crippen LogP contribution in [0.3, 0.4) is 0 Å². The predicted octanol–water partition coefficient (Wildman–Crippen LogP) is 4.82. The zero-order valence-corrected chi connectivity index (χ0v) is 16.3. The third-order valence-corrected chi connectivity index (χ3v) is 5.14. The van der Waals surface area contributed by atoms with E-state index in [4.69, 9.17) is 0 Å². The summed E-state index contributed by atoms with van der Waals surface area (Å²) in [4.78, 5) is 4.49. The average molecular weight is 382 g/mol. The Morgan fingerprint density at radius 2 is 1.90 bits per heavy atom. The van der Waals surface area contributed by atoms with Crippen LogP contribution in [0.15, 0.2) is 73.3 Å². The van der Waals surface area contributed by atoms with Crippen LogP contribution in [-0.4, -0.2) is 24.4 Å². The standard InChI is InChI=1S/C23H22N6/c1-2-6-18-11-12-28-22(18)23(24-16-26-28)27-20-9-10-21-19(13-20)14-25-29(21)15-17-7-4-3-5-8-17/h3-5,7-14,16H,2,6,15H2,1H3,(H,24,26,27). The first kappa shape index (κ1) is 17.4. The van der Waals surface area contributed by atoms with Gasteiger partial charge in [0.1, 0.15) is 11.8 Å². The summed E-state index contributed by atoms with van der Waals surface area (Å²) in [6, 6.07) is 18.8. The van der Waals surface area contributed by atoms with Crippen molar-refractivity contribution in [2.24, 2.45) is 0 Å². The summed E-state index contributed by atoms with van der Waals surface area (Å²) >= 11 is 0. The summed E-state index contributed by atoms with van der Waals surface area (Å²) in [5.41, 5.74) is 5.63. The molecule has 3 heterocycles. The Morgan fingerprint density at radius 1 is 1.00 bits per heavy atom. The molecule has 0 atom stereocenters. The van der Waals surface area contributed by atoms with Gasteiger partial charge < -0.3 is 5.32 Å². The summed E-state index contributed by atoms with van der Waals surface area (Å²) in [5, 5.41) is 13.5. The number of nitrogens with zero attached hydrogens (tertiary/aromatic N) is 5. The fraction of sp³-hybridized carbons (Fsp3) is 0.174. The van der Waals surface area contributed by atoms with E-state index in [1.807, 2.05) is 27.7 Å². The molecule has 1 N–H and O–H groups in total. The van der Waals surface area contributed by atoms with Gasteiger partial charge >= 0.3 is 0 Å². The van der Waals surface area contributed by atoms with Gasteiger partial charge in [-0.3, -0.25) is 4.68 Å². The lowest BCUT2D eigenvalue weighted by atomic mass is 10.1. The molecule has 0 amide bonds. The SMILES string of the molecule is CCCc1ccn2ncnc(Nc3ccc4c(cnn4Cc4ccccc4)c3)c12. The first-order valence-electron chi connectivity index (χ1n) is 9.89. The zero-order valence-electron chi connectivity index (χ0n) is 16.3. The Labute approximate surface area is 168 Å². The minimum absolute atomic E-state index is 0.758. The van der Waals surface area contributed by atoms with Crippen molar-refractivity contribution in [1.82, 2.24) is 24.4 Å². The lowest BCUT2D eigenvalue weighted by Crippen LogP contribution is -2.02. The second-order valence-corrected chi connectivity index (χ2v) is 7.18. The average Bonchev–Trinajstić information content (AvgIpc) is 3.34. The summed E-state index contributed by atoms with van der Waals surface area (Å²) in [6.45, 7) is 2.94. The van der Waals surface area contributed by atoms with Crippen LogP contribution in [0.4, 0.5) is 11.5 Å². The number of rotatable bonds is 6. The molecule has 2 aromatic carbocycles. The molecule has 0 unspecified atom stereocenters. The van der Waals surface area contributed by atoms with Gasteiger partial charge in [-0.2, -0.15) is 10.2 Å². The van der Waals surface area contributed by atoms with Crippen molar-refractivity contribution in [2.75, 3.05) is 5.32 Å². The number of benzene rings is 2. The number of nitrogens with one attached hydrogen (secondary N) is 1. The Kier molecular flexibility index (Phi) is 4.44. The van der Waals surface area contributed by atoms with Gasteiger partial charge in [-0.25, -0.2) is 9.50 Å². The van der Waals surface area contributed by atoms with Gasteiger partial charge in [0.05, 0.1) is 18.3 Å². The van der Waals surface area contributed by atoms with E-state index in [2.05, 4.69) is 76.0 Å². The quantitative estimate of drug-likeness (QED) is 0.457. The Bertz CT molecular complexity index is 1270. The van der Waals surface area contributed by atoms with Gasteiger partial charge in [0, 0.05) is 17.3 Å². The Hall–Kier alpha value is -3.67. The van der Waals surface area contributed by atoms with Crippen molar-refractivity contribution in [3.05, 3.63) is 84.4 Å². The van der Waals surface area contributed by atoms with Crippen LogP contribution in [0.25, 0.3) is 16.4 Å². The first-order valence-corrected chi connectivity index (χ1v) is 9.89. The number of anilines is 2. The van der Waals surface area contributed by atoms with Crippen molar-refractivity contribution in [2.45, 2.75) is 26.3 Å². The highest BCUT2D eigenvalue weighted by Gasteiger charge is 2.11. The van der Waals surface area contributed by atoms with Crippen LogP contribution in [0.2, 0.25) is 0 Å². The molecule has 6 nitrogen and oxygen atoms in total. The molecule has 6 heteroatoms. The van der Waals surface area contributed by atoms with E-state index < -0.39 is 0 Å². The van der Waals surface area contributed by atoms with Crippen LogP contribution in [0.5, 0.6) is 0 Å². The van der Waals surface area contributed by atoms with Crippen molar-refractivity contribution < 1.29 is 0 Å². The smallest absolute Gasteiger partial charge is 0.158 e. The van der Waals surface area contributed by atoms with E-state index >= 15 is 0 Å². The minimum Gasteiger partial charge on any atom is -0.338 e. The highest BCUT2D eigenvalue weighted by molar-refractivity contribution is 5.85. The molecule has 0 aliphatic heterocycles. The second kappa shape index (κ2) is 7.39. The summed E-state index contributed by atoms with van der Waals surface area (Å²) in [7, 11) is 0. The minimum atomic E-state index is 0.758. The number of aryl methyl sites for hydroxylation is 1. The monoisotopic (exact) mass is 382 g/mol. The van der Waals surface area contributed by atoms with Crippen LogP contribution >= 0.6 is 0 Å². The lowest BCUT2D eigenvalue weighted by molar-refractivity contribution is 0.712. The number of fused-ring (bicyclic) bond motifs is 2. The predicted molar refractivity (Wildman–Crippen MR) is 116 cm³/mol. The molecule has 144 valence electrons. The lowest BCUT2D eigenvalue weighted by Gasteiger charge is -2.09. The fourth-order valence-electron chi connectivity index (χ4n) is 3.76. The van der Waals surface area contributed by atoms with Crippen LogP contribution < -0.4 is 5.32 Å². The van der Waals surface area contributed by atoms with Crippen molar-refractivity contribution in [3.63, 3.8) is 0 Å². The highest BCUT2D eigenvalue weighted by Crippen LogP contribution is 2.26. The number of hydrogen-bond donors (Lipinski definition) is 1. The molecule has 0 radical (unpaired) electrons. The molecule has 29 heavy (non-hydrogen) atoms. The van der Waals surface area contributed by atoms with E-state index in [0.717, 1.165) is 47.3 Å². The molecule has 0 bridgehead atoms. The molecule has 5 rings (SSSR count). The molecule has 3 aromatic heterocycles. The summed E-state index contributed by atoms with van der Waals surface area (Å²) in [5.74, 6) is 0.824. The number of aromatic nitrogens is 5. The first-order chi connectivity index (χ1) is 14.3. The van der Waals surface area contributed by atoms with Gasteiger partial charge in [0.15, 0.2) is 5.82 Å². The molecule has 0 saturated heterocycles. The Morgan fingerprint density at radius 3 is 2.76 bits per heavy atom. The Balaban J connectivity index is 1.46. The third-order valence-electron chi connectivity index (χ3n) is 5.14. The maximum atomic E-state index is 4.58. The normalized spacial score (nSPS) is 11.3. The molecule has 0 aliphatic rings. The van der Waals surface area contributed by atoms with E-state index in [-0.39, 0.29) is 0 Å². The van der Waals surface area contributed by atoms with Gasteiger partial charge in [0.2, 0.25) is 0 Å². The molecular weight excluding hydrogens is 360 g/mol. The third kappa shape index (κ3) is 3.33. The van der Waals surface area contributed by atoms with Gasteiger partial charge in [-0.15, -0.1) is 0 Å². The largest absolute Gasteiger partial charge is 0.338 e. The zero-order chi connectivity index (χ0) is 19.6. The maximum Gasteiger partial charge on any atom is 0.158 e. The molecule has 5 aromatic rings. The van der Waals surface area contributed by atoms with Crippen LogP contribution in [-0.2, 0) is 13.0 Å². The molecular formula is C23H22N6. The van der Waals surface area contributed by atoms with Gasteiger partial charge in [-0.1, -0.05) is 43.7 Å². The summed E-state index contributed by atoms with van der Waals surface area (Å²) in [6.07, 6.45) is 7.58. The van der Waals surface area contributed by atoms with Crippen molar-refractivity contribution in [1.29, 1.82) is 0 Å². The fourth-order valence-corrected chi connectivity index (χ4v) is 3.76. The van der Waals surface area contributed by atoms with Crippen molar-refractivity contribution >= 4 is 27.9 Å². The molecule has 0 aliphatic carbocycles. The van der Waals surface area contributed by atoms with Crippen LogP contribution in [0.1, 0.15) is 24.5 Å². The van der Waals surface area contributed by atoms with Gasteiger partial charge in [0.25, 0.3) is 0 Å². The molecule has 0 fully saturated rings. The topological polar surface area (TPSA) is 60.0 Å². The van der Waals surface area contributed by atoms with Crippen molar-refractivity contribution in [3.8, 4) is 0 Å². The molecule has 0 saturated carbocycles. The second-order valence-electron chi connectivity index (χ2n) is 7.18.